The molecule has 0 aliphatic carbocycles. The number of H-pyrrole nitrogens is 1. The average Bonchev–Trinajstić information content (AvgIpc) is 3.01. The van der Waals surface area contributed by atoms with Crippen molar-refractivity contribution in [2.45, 2.75) is 19.3 Å². The van der Waals surface area contributed by atoms with Gasteiger partial charge in [0.05, 0.1) is 5.57 Å². The normalized spacial score (nSPS) is 12.2. The minimum Gasteiger partial charge on any atom is -0.478 e. The third-order valence-electron chi connectivity index (χ3n) is 4.21. The van der Waals surface area contributed by atoms with Crippen LogP contribution in [0.4, 0.5) is 0 Å². The Morgan fingerprint density at radius 1 is 1.04 bits per heavy atom. The van der Waals surface area contributed by atoms with Gasteiger partial charge in [0.15, 0.2) is 0 Å². The lowest BCUT2D eigenvalue weighted by Crippen LogP contribution is -2.13. The molecule has 4 nitrogen and oxygen atoms in total. The molecule has 1 aromatic heterocycles. The number of aromatic nitrogens is 1. The van der Waals surface area contributed by atoms with Gasteiger partial charge in [0.2, 0.25) is 0 Å². The second-order valence-corrected chi connectivity index (χ2v) is 5.83. The third-order valence-corrected chi connectivity index (χ3v) is 4.21. The number of rotatable bonds is 6. The van der Waals surface area contributed by atoms with Crippen LogP contribution in [0.5, 0.6) is 0 Å². The Bertz CT molecular complexity index is 879. The summed E-state index contributed by atoms with van der Waals surface area (Å²) in [6.45, 7) is 0. The monoisotopic (exact) mass is 320 g/mol. The van der Waals surface area contributed by atoms with Crippen LogP contribution >= 0.6 is 0 Å². The molecule has 4 N–H and O–H groups in total. The number of aryl methyl sites for hydroxylation is 1. The number of nitrogens with one attached hydrogen (secondary N) is 1. The molecule has 3 aromatic rings. The van der Waals surface area contributed by atoms with E-state index in [2.05, 4.69) is 4.98 Å². The first-order valence-corrected chi connectivity index (χ1v) is 7.95. The summed E-state index contributed by atoms with van der Waals surface area (Å²) >= 11 is 0. The van der Waals surface area contributed by atoms with Crippen LogP contribution in [0.1, 0.15) is 17.5 Å². The van der Waals surface area contributed by atoms with E-state index < -0.39 is 5.97 Å². The van der Waals surface area contributed by atoms with Crippen LogP contribution in [0.3, 0.4) is 0 Å². The van der Waals surface area contributed by atoms with Gasteiger partial charge in [0.1, 0.15) is 0 Å². The number of nitrogens with two attached hydrogens (primary N) is 1. The Hall–Kier alpha value is -3.01. The molecule has 2 aromatic carbocycles. The zero-order chi connectivity index (χ0) is 16.9. The van der Waals surface area contributed by atoms with E-state index in [4.69, 9.17) is 5.73 Å². The second kappa shape index (κ2) is 7.04. The topological polar surface area (TPSA) is 79.1 Å². The number of aliphatic carboxylic acids is 1. The molecule has 0 radical (unpaired) electrons. The molecule has 3 rings (SSSR count). The SMILES string of the molecule is NC(CCc1ccccc1)=C(Cc1c[nH]c2ccccc12)C(=O)O. The van der Waals surface area contributed by atoms with Crippen molar-refractivity contribution in [3.05, 3.63) is 83.2 Å². The highest BCUT2D eigenvalue weighted by Gasteiger charge is 2.15. The summed E-state index contributed by atoms with van der Waals surface area (Å²) in [7, 11) is 0. The van der Waals surface area contributed by atoms with Gasteiger partial charge in [-0.1, -0.05) is 48.5 Å². The maximum Gasteiger partial charge on any atom is 0.333 e. The van der Waals surface area contributed by atoms with Gasteiger partial charge in [-0.25, -0.2) is 4.79 Å². The van der Waals surface area contributed by atoms with Crippen LogP contribution in [0.15, 0.2) is 72.1 Å². The fourth-order valence-electron chi connectivity index (χ4n) is 2.87. The summed E-state index contributed by atoms with van der Waals surface area (Å²) in [5, 5.41) is 10.6. The maximum absolute atomic E-state index is 11.7. The lowest BCUT2D eigenvalue weighted by molar-refractivity contribution is -0.132. The van der Waals surface area contributed by atoms with Crippen molar-refractivity contribution in [3.63, 3.8) is 0 Å². The number of aromatic amines is 1. The van der Waals surface area contributed by atoms with Crippen LogP contribution in [0.25, 0.3) is 10.9 Å². The van der Waals surface area contributed by atoms with Crippen LogP contribution in [0.2, 0.25) is 0 Å². The van der Waals surface area contributed by atoms with E-state index in [1.54, 1.807) is 0 Å². The third kappa shape index (κ3) is 3.49. The number of allylic oxidation sites excluding steroid dienone is 1. The van der Waals surface area contributed by atoms with Gasteiger partial charge >= 0.3 is 5.97 Å². The van der Waals surface area contributed by atoms with Crippen molar-refractivity contribution in [3.8, 4) is 0 Å². The Labute approximate surface area is 140 Å². The minimum absolute atomic E-state index is 0.274. The lowest BCUT2D eigenvalue weighted by atomic mass is 9.99. The average molecular weight is 320 g/mol. The molecular weight excluding hydrogens is 300 g/mol. The molecule has 24 heavy (non-hydrogen) atoms. The standard InChI is InChI=1S/C20H20N2O2/c21-18(11-10-14-6-2-1-3-7-14)17(20(23)24)12-15-13-22-19-9-5-4-8-16(15)19/h1-9,13,22H,10-12,21H2,(H,23,24). The molecule has 0 aliphatic rings. The summed E-state index contributed by atoms with van der Waals surface area (Å²) in [4.78, 5) is 14.8. The van der Waals surface area contributed by atoms with Gasteiger partial charge in [-0.2, -0.15) is 0 Å². The van der Waals surface area contributed by atoms with Crippen LogP contribution in [0, 0.1) is 0 Å². The molecule has 0 spiro atoms. The maximum atomic E-state index is 11.7. The van der Waals surface area contributed by atoms with E-state index in [1.807, 2.05) is 60.8 Å². The van der Waals surface area contributed by atoms with E-state index in [0.29, 0.717) is 18.5 Å². The molecule has 0 fully saturated rings. The first-order chi connectivity index (χ1) is 11.6. The zero-order valence-corrected chi connectivity index (χ0v) is 13.3. The fraction of sp³-hybridized carbons (Fsp3) is 0.150. The first kappa shape index (κ1) is 15.9. The summed E-state index contributed by atoms with van der Waals surface area (Å²) in [5.74, 6) is -0.953. The largest absolute Gasteiger partial charge is 0.478 e. The second-order valence-electron chi connectivity index (χ2n) is 5.83. The highest BCUT2D eigenvalue weighted by molar-refractivity contribution is 5.90. The summed E-state index contributed by atoms with van der Waals surface area (Å²) in [6, 6.07) is 17.8. The van der Waals surface area contributed by atoms with Gasteiger partial charge in [0, 0.05) is 29.2 Å². The number of benzene rings is 2. The van der Waals surface area contributed by atoms with E-state index in [0.717, 1.165) is 28.5 Å². The van der Waals surface area contributed by atoms with Crippen molar-refractivity contribution in [2.24, 2.45) is 5.73 Å². The Morgan fingerprint density at radius 2 is 1.75 bits per heavy atom. The van der Waals surface area contributed by atoms with Gasteiger partial charge in [0.25, 0.3) is 0 Å². The van der Waals surface area contributed by atoms with E-state index in [-0.39, 0.29) is 5.57 Å². The predicted molar refractivity (Wildman–Crippen MR) is 95.6 cm³/mol. The van der Waals surface area contributed by atoms with Crippen LogP contribution < -0.4 is 5.73 Å². The molecule has 1 heterocycles. The summed E-state index contributed by atoms with van der Waals surface area (Å²) in [5.41, 5.74) is 9.93. The van der Waals surface area contributed by atoms with Gasteiger partial charge in [-0.15, -0.1) is 0 Å². The molecule has 0 bridgehead atoms. The molecule has 0 aliphatic heterocycles. The molecule has 0 unspecified atom stereocenters. The quantitative estimate of drug-likeness (QED) is 0.607. The molecule has 0 amide bonds. The van der Waals surface area contributed by atoms with E-state index in [1.165, 1.54) is 0 Å². The number of carboxylic acids is 1. The van der Waals surface area contributed by atoms with Crippen molar-refractivity contribution < 1.29 is 9.90 Å². The van der Waals surface area contributed by atoms with Crippen LogP contribution in [-0.4, -0.2) is 16.1 Å². The summed E-state index contributed by atoms with van der Waals surface area (Å²) < 4.78 is 0. The molecule has 122 valence electrons. The number of fused-ring (bicyclic) bond motifs is 1. The lowest BCUT2D eigenvalue weighted by Gasteiger charge is -2.08. The van der Waals surface area contributed by atoms with Crippen molar-refractivity contribution >= 4 is 16.9 Å². The highest BCUT2D eigenvalue weighted by Crippen LogP contribution is 2.22. The first-order valence-electron chi connectivity index (χ1n) is 7.95. The Balaban J connectivity index is 1.82. The van der Waals surface area contributed by atoms with E-state index >= 15 is 0 Å². The number of carbonyl (C=O) groups is 1. The molecule has 4 heteroatoms. The Kier molecular flexibility index (Phi) is 4.66. The fourth-order valence-corrected chi connectivity index (χ4v) is 2.87. The van der Waals surface area contributed by atoms with Crippen molar-refractivity contribution in [1.29, 1.82) is 0 Å². The van der Waals surface area contributed by atoms with E-state index in [9.17, 15) is 9.90 Å². The number of hydrogen-bond acceptors (Lipinski definition) is 2. The van der Waals surface area contributed by atoms with Gasteiger partial charge in [-0.3, -0.25) is 0 Å². The number of carboxylic acid groups (broad SMARTS) is 1. The molecular formula is C20H20N2O2. The molecule has 0 saturated carbocycles. The van der Waals surface area contributed by atoms with Crippen molar-refractivity contribution in [2.75, 3.05) is 0 Å². The van der Waals surface area contributed by atoms with Crippen LogP contribution in [-0.2, 0) is 17.6 Å². The molecule has 0 atom stereocenters. The number of hydrogen-bond donors (Lipinski definition) is 3. The zero-order valence-electron chi connectivity index (χ0n) is 13.3. The number of para-hydroxylation sites is 1. The minimum atomic E-state index is -0.953. The highest BCUT2D eigenvalue weighted by atomic mass is 16.4. The predicted octanol–water partition coefficient (Wildman–Crippen LogP) is 3.64. The van der Waals surface area contributed by atoms with Gasteiger partial charge < -0.3 is 15.8 Å². The van der Waals surface area contributed by atoms with Crippen molar-refractivity contribution in [1.82, 2.24) is 4.98 Å². The van der Waals surface area contributed by atoms with Gasteiger partial charge in [-0.05, 0) is 30.0 Å². The summed E-state index contributed by atoms with van der Waals surface area (Å²) in [6.07, 6.45) is 3.45. The molecule has 0 saturated heterocycles. The smallest absolute Gasteiger partial charge is 0.333 e. The Morgan fingerprint density at radius 3 is 2.50 bits per heavy atom.